The van der Waals surface area contributed by atoms with Crippen LogP contribution < -0.4 is 9.47 Å². The fourth-order valence-electron chi connectivity index (χ4n) is 4.97. The van der Waals surface area contributed by atoms with Gasteiger partial charge < -0.3 is 19.5 Å². The van der Waals surface area contributed by atoms with Crippen LogP contribution in [0, 0.1) is 11.3 Å². The molecule has 1 aliphatic carbocycles. The molecule has 2 aromatic carbocycles. The van der Waals surface area contributed by atoms with Crippen LogP contribution in [0.25, 0.3) is 0 Å². The van der Waals surface area contributed by atoms with Gasteiger partial charge in [0.25, 0.3) is 0 Å². The zero-order chi connectivity index (χ0) is 25.8. The first-order valence-corrected chi connectivity index (χ1v) is 12.6. The van der Waals surface area contributed by atoms with Crippen molar-refractivity contribution in [2.45, 2.75) is 65.9 Å². The van der Waals surface area contributed by atoms with E-state index in [2.05, 4.69) is 37.3 Å². The number of carbonyl (C=O) groups is 2. The summed E-state index contributed by atoms with van der Waals surface area (Å²) >= 11 is 0. The summed E-state index contributed by atoms with van der Waals surface area (Å²) in [5.41, 5.74) is 2.71. The predicted molar refractivity (Wildman–Crippen MR) is 137 cm³/mol. The van der Waals surface area contributed by atoms with Gasteiger partial charge in [-0.25, -0.2) is 0 Å². The molecule has 0 radical (unpaired) electrons. The number of amides is 1. The maximum absolute atomic E-state index is 12.8. The second-order valence-corrected chi connectivity index (χ2v) is 10.1. The van der Waals surface area contributed by atoms with Crippen molar-refractivity contribution in [1.82, 2.24) is 4.90 Å². The number of methoxy groups -OCH3 is 1. The van der Waals surface area contributed by atoms with Gasteiger partial charge in [0, 0.05) is 38.3 Å². The normalized spacial score (nSPS) is 19.5. The van der Waals surface area contributed by atoms with Crippen molar-refractivity contribution in [3.8, 4) is 11.5 Å². The fourth-order valence-corrected chi connectivity index (χ4v) is 4.97. The number of ether oxygens (including phenoxy) is 2. The molecule has 4 rings (SSSR count). The number of hydrogen-bond acceptors (Lipinski definition) is 4. The zero-order valence-electron chi connectivity index (χ0n) is 21.8. The Bertz CT molecular complexity index is 1020. The highest BCUT2D eigenvalue weighted by Crippen LogP contribution is 2.39. The number of benzene rings is 2. The number of rotatable bonds is 7. The van der Waals surface area contributed by atoms with Gasteiger partial charge in [0.1, 0.15) is 6.10 Å². The van der Waals surface area contributed by atoms with E-state index in [1.165, 1.54) is 11.1 Å². The van der Waals surface area contributed by atoms with Gasteiger partial charge in [-0.2, -0.15) is 0 Å². The van der Waals surface area contributed by atoms with Crippen LogP contribution in [0.2, 0.25) is 0 Å². The molecule has 190 valence electrons. The molecule has 2 aliphatic rings. The van der Waals surface area contributed by atoms with E-state index < -0.39 is 11.4 Å². The minimum absolute atomic E-state index is 0.000978. The largest absolute Gasteiger partial charge is 0.493 e. The summed E-state index contributed by atoms with van der Waals surface area (Å²) in [5, 5.41) is 9.37. The standard InChI is InChI=1S/C27H33NO5.C2H6/c1-17-15-28(25(29)14-27(2,3)26(30)31)16-22(17)20-9-10-23(32-4)24(13-20)33-21-11-18-7-5-6-8-19(18)12-21;1-2/h5-10,13,17,21-22H,11-12,14-16H2,1-4H3,(H,30,31);1-2H3/t17-,22+;/m0./s1. The Morgan fingerprint density at radius 2 is 1.66 bits per heavy atom. The third-order valence-corrected chi connectivity index (χ3v) is 7.06. The molecule has 0 bridgehead atoms. The molecule has 1 amide bonds. The Labute approximate surface area is 209 Å². The van der Waals surface area contributed by atoms with Crippen LogP contribution in [-0.4, -0.2) is 48.2 Å². The van der Waals surface area contributed by atoms with Crippen molar-refractivity contribution in [3.05, 3.63) is 59.2 Å². The van der Waals surface area contributed by atoms with Crippen LogP contribution in [0.15, 0.2) is 42.5 Å². The molecule has 1 N–H and O–H groups in total. The topological polar surface area (TPSA) is 76.1 Å². The van der Waals surface area contributed by atoms with Crippen LogP contribution in [0.5, 0.6) is 11.5 Å². The first-order chi connectivity index (χ1) is 16.7. The predicted octanol–water partition coefficient (Wildman–Crippen LogP) is 5.33. The average molecular weight is 482 g/mol. The Balaban J connectivity index is 0.00000167. The maximum atomic E-state index is 12.8. The maximum Gasteiger partial charge on any atom is 0.309 e. The molecule has 2 aromatic rings. The van der Waals surface area contributed by atoms with E-state index in [-0.39, 0.29) is 30.3 Å². The van der Waals surface area contributed by atoms with Crippen molar-refractivity contribution in [2.24, 2.45) is 11.3 Å². The molecule has 0 unspecified atom stereocenters. The second-order valence-electron chi connectivity index (χ2n) is 10.1. The molecule has 0 saturated carbocycles. The minimum atomic E-state index is -1.07. The number of hydrogen-bond donors (Lipinski definition) is 1. The van der Waals surface area contributed by atoms with Gasteiger partial charge in [-0.15, -0.1) is 0 Å². The third kappa shape index (κ3) is 5.98. The highest BCUT2D eigenvalue weighted by Gasteiger charge is 2.38. The lowest BCUT2D eigenvalue weighted by Gasteiger charge is -2.23. The monoisotopic (exact) mass is 481 g/mol. The van der Waals surface area contributed by atoms with Gasteiger partial charge in [-0.1, -0.05) is 51.1 Å². The van der Waals surface area contributed by atoms with Crippen molar-refractivity contribution >= 4 is 11.9 Å². The van der Waals surface area contributed by atoms with E-state index in [1.807, 2.05) is 26.0 Å². The fraction of sp³-hybridized carbons (Fsp3) is 0.517. The highest BCUT2D eigenvalue weighted by molar-refractivity contribution is 5.84. The molecule has 1 heterocycles. The molecule has 35 heavy (non-hydrogen) atoms. The Morgan fingerprint density at radius 1 is 1.03 bits per heavy atom. The number of aliphatic carboxylic acids is 1. The van der Waals surface area contributed by atoms with Crippen molar-refractivity contribution < 1.29 is 24.2 Å². The van der Waals surface area contributed by atoms with E-state index in [0.29, 0.717) is 18.8 Å². The second kappa shape index (κ2) is 11.1. The van der Waals surface area contributed by atoms with Crippen molar-refractivity contribution in [3.63, 3.8) is 0 Å². The van der Waals surface area contributed by atoms with Gasteiger partial charge in [0.15, 0.2) is 11.5 Å². The molecule has 1 saturated heterocycles. The quantitative estimate of drug-likeness (QED) is 0.578. The van der Waals surface area contributed by atoms with Crippen LogP contribution in [0.1, 0.15) is 63.6 Å². The van der Waals surface area contributed by atoms with Crippen LogP contribution >= 0.6 is 0 Å². The molecular weight excluding hydrogens is 442 g/mol. The SMILES string of the molecule is CC.COc1ccc([C@@H]2CN(C(=O)CC(C)(C)C(=O)O)C[C@@H]2C)cc1OC1Cc2ccccc2C1. The molecule has 0 aromatic heterocycles. The van der Waals surface area contributed by atoms with E-state index >= 15 is 0 Å². The van der Waals surface area contributed by atoms with Gasteiger partial charge >= 0.3 is 5.97 Å². The molecule has 6 nitrogen and oxygen atoms in total. The summed E-state index contributed by atoms with van der Waals surface area (Å²) in [6.07, 6.45) is 1.83. The number of carboxylic acids is 1. The first kappa shape index (κ1) is 26.6. The van der Waals surface area contributed by atoms with E-state index in [9.17, 15) is 14.7 Å². The highest BCUT2D eigenvalue weighted by atomic mass is 16.5. The summed E-state index contributed by atoms with van der Waals surface area (Å²) in [5.74, 6) is 0.805. The van der Waals surface area contributed by atoms with Crippen LogP contribution in [0.3, 0.4) is 0 Å². The average Bonchev–Trinajstić information content (AvgIpc) is 3.43. The van der Waals surface area contributed by atoms with Crippen molar-refractivity contribution in [1.29, 1.82) is 0 Å². The Kier molecular flexibility index (Phi) is 8.47. The third-order valence-electron chi connectivity index (χ3n) is 7.06. The van der Waals surface area contributed by atoms with E-state index in [1.54, 1.807) is 25.9 Å². The molecule has 1 aliphatic heterocycles. The molecule has 6 heteroatoms. The van der Waals surface area contributed by atoms with Gasteiger partial charge in [0.2, 0.25) is 5.91 Å². The first-order valence-electron chi connectivity index (χ1n) is 12.6. The smallest absolute Gasteiger partial charge is 0.309 e. The summed E-state index contributed by atoms with van der Waals surface area (Å²) in [6, 6.07) is 14.5. The zero-order valence-corrected chi connectivity index (χ0v) is 21.8. The van der Waals surface area contributed by atoms with E-state index in [0.717, 1.165) is 24.2 Å². The molecular formula is C29H39NO5. The number of carboxylic acid groups (broad SMARTS) is 1. The number of carbonyl (C=O) groups excluding carboxylic acids is 1. The van der Waals surface area contributed by atoms with Crippen molar-refractivity contribution in [2.75, 3.05) is 20.2 Å². The Hall–Kier alpha value is -3.02. The van der Waals surface area contributed by atoms with Gasteiger partial charge in [-0.3, -0.25) is 9.59 Å². The lowest BCUT2D eigenvalue weighted by atomic mass is 9.89. The molecule has 1 fully saturated rings. The summed E-state index contributed by atoms with van der Waals surface area (Å²) in [4.78, 5) is 26.1. The summed E-state index contributed by atoms with van der Waals surface area (Å²) in [6.45, 7) is 10.5. The van der Waals surface area contributed by atoms with Crippen LogP contribution in [0.4, 0.5) is 0 Å². The van der Waals surface area contributed by atoms with Crippen LogP contribution in [-0.2, 0) is 22.4 Å². The van der Waals surface area contributed by atoms with Gasteiger partial charge in [-0.05, 0) is 48.6 Å². The molecule has 2 atom stereocenters. The number of likely N-dealkylation sites (tertiary alicyclic amines) is 1. The Morgan fingerprint density at radius 3 is 2.23 bits per heavy atom. The number of fused-ring (bicyclic) bond motifs is 1. The van der Waals surface area contributed by atoms with E-state index in [4.69, 9.17) is 9.47 Å². The summed E-state index contributed by atoms with van der Waals surface area (Å²) in [7, 11) is 1.65. The lowest BCUT2D eigenvalue weighted by Crippen LogP contribution is -2.35. The minimum Gasteiger partial charge on any atom is -0.493 e. The van der Waals surface area contributed by atoms with Gasteiger partial charge in [0.05, 0.1) is 12.5 Å². The number of nitrogens with zero attached hydrogens (tertiary/aromatic N) is 1. The molecule has 0 spiro atoms. The lowest BCUT2D eigenvalue weighted by molar-refractivity contribution is -0.151. The summed E-state index contributed by atoms with van der Waals surface area (Å²) < 4.78 is 12.0.